The van der Waals surface area contributed by atoms with Crippen LogP contribution in [-0.4, -0.2) is 28.0 Å². The van der Waals surface area contributed by atoms with Crippen molar-refractivity contribution in [3.05, 3.63) is 42.7 Å². The van der Waals surface area contributed by atoms with Crippen LogP contribution in [0, 0.1) is 0 Å². The number of rotatable bonds is 2. The second kappa shape index (κ2) is 5.26. The van der Waals surface area contributed by atoms with Crippen molar-refractivity contribution in [1.29, 1.82) is 0 Å². The van der Waals surface area contributed by atoms with E-state index in [4.69, 9.17) is 10.7 Å². The van der Waals surface area contributed by atoms with Gasteiger partial charge in [0.1, 0.15) is 5.82 Å². The van der Waals surface area contributed by atoms with Gasteiger partial charge in [-0.25, -0.2) is 4.98 Å². The number of nitrogens with zero attached hydrogens (tertiary/aromatic N) is 4. The average molecular weight is 291 g/mol. The summed E-state index contributed by atoms with van der Waals surface area (Å²) in [4.78, 5) is 15.5. The fourth-order valence-corrected chi connectivity index (χ4v) is 3.00. The molecule has 1 aromatic carbocycles. The number of anilines is 2. The van der Waals surface area contributed by atoms with E-state index in [1.165, 1.54) is 12.8 Å². The maximum atomic E-state index is 6.02. The Morgan fingerprint density at radius 2 is 1.91 bits per heavy atom. The summed E-state index contributed by atoms with van der Waals surface area (Å²) in [7, 11) is 0. The lowest BCUT2D eigenvalue weighted by molar-refractivity contribution is 0.903. The van der Waals surface area contributed by atoms with E-state index >= 15 is 0 Å². The van der Waals surface area contributed by atoms with Crippen molar-refractivity contribution in [1.82, 2.24) is 15.0 Å². The summed E-state index contributed by atoms with van der Waals surface area (Å²) in [5, 5.41) is 2.22. The van der Waals surface area contributed by atoms with Gasteiger partial charge in [-0.15, -0.1) is 0 Å². The SMILES string of the molecule is Nc1cc(-c2cccc3cnccc23)nc(N2CCCC2)n1. The molecule has 0 amide bonds. The first-order valence-electron chi connectivity index (χ1n) is 7.54. The molecule has 0 bridgehead atoms. The zero-order valence-electron chi connectivity index (χ0n) is 12.2. The Morgan fingerprint density at radius 3 is 2.77 bits per heavy atom. The Bertz CT molecular complexity index is 819. The van der Waals surface area contributed by atoms with Crippen molar-refractivity contribution in [2.24, 2.45) is 0 Å². The molecule has 0 spiro atoms. The van der Waals surface area contributed by atoms with Gasteiger partial charge in [0.2, 0.25) is 5.95 Å². The lowest BCUT2D eigenvalue weighted by Gasteiger charge is -2.16. The van der Waals surface area contributed by atoms with Gasteiger partial charge < -0.3 is 10.6 Å². The van der Waals surface area contributed by atoms with E-state index in [1.807, 2.05) is 24.4 Å². The van der Waals surface area contributed by atoms with E-state index in [0.29, 0.717) is 5.82 Å². The molecular weight excluding hydrogens is 274 g/mol. The highest BCUT2D eigenvalue weighted by atomic mass is 15.3. The van der Waals surface area contributed by atoms with Gasteiger partial charge in [-0.2, -0.15) is 4.98 Å². The van der Waals surface area contributed by atoms with Gasteiger partial charge in [-0.1, -0.05) is 18.2 Å². The molecule has 1 saturated heterocycles. The number of benzene rings is 1. The highest BCUT2D eigenvalue weighted by Gasteiger charge is 2.17. The number of hydrogen-bond donors (Lipinski definition) is 1. The summed E-state index contributed by atoms with van der Waals surface area (Å²) in [6, 6.07) is 10.00. The summed E-state index contributed by atoms with van der Waals surface area (Å²) in [6.45, 7) is 2.00. The topological polar surface area (TPSA) is 67.9 Å². The monoisotopic (exact) mass is 291 g/mol. The number of nitrogens with two attached hydrogens (primary N) is 1. The third kappa shape index (κ3) is 2.24. The predicted molar refractivity (Wildman–Crippen MR) is 88.6 cm³/mol. The van der Waals surface area contributed by atoms with E-state index in [0.717, 1.165) is 41.1 Å². The van der Waals surface area contributed by atoms with Gasteiger partial charge >= 0.3 is 0 Å². The fraction of sp³-hybridized carbons (Fsp3) is 0.235. The summed E-state index contributed by atoms with van der Waals surface area (Å²) in [5.41, 5.74) is 7.95. The lowest BCUT2D eigenvalue weighted by atomic mass is 10.0. The van der Waals surface area contributed by atoms with E-state index in [9.17, 15) is 0 Å². The summed E-state index contributed by atoms with van der Waals surface area (Å²) >= 11 is 0. The van der Waals surface area contributed by atoms with Crippen LogP contribution in [0.2, 0.25) is 0 Å². The minimum absolute atomic E-state index is 0.512. The molecule has 22 heavy (non-hydrogen) atoms. The summed E-state index contributed by atoms with van der Waals surface area (Å²) < 4.78 is 0. The van der Waals surface area contributed by atoms with Crippen LogP contribution in [0.15, 0.2) is 42.7 Å². The zero-order chi connectivity index (χ0) is 14.9. The van der Waals surface area contributed by atoms with Gasteiger partial charge in [0.05, 0.1) is 5.69 Å². The molecule has 5 nitrogen and oxygen atoms in total. The molecule has 0 atom stereocenters. The summed E-state index contributed by atoms with van der Waals surface area (Å²) in [6.07, 6.45) is 6.05. The molecule has 110 valence electrons. The Balaban J connectivity index is 1.87. The van der Waals surface area contributed by atoms with Crippen LogP contribution < -0.4 is 10.6 Å². The van der Waals surface area contributed by atoms with Crippen molar-refractivity contribution < 1.29 is 0 Å². The Morgan fingerprint density at radius 1 is 1.05 bits per heavy atom. The molecule has 1 aliphatic heterocycles. The number of pyridine rings is 1. The van der Waals surface area contributed by atoms with E-state index < -0.39 is 0 Å². The van der Waals surface area contributed by atoms with Crippen LogP contribution in [0.1, 0.15) is 12.8 Å². The first kappa shape index (κ1) is 13.0. The molecule has 4 rings (SSSR count). The Kier molecular flexibility index (Phi) is 3.11. The highest BCUT2D eigenvalue weighted by Crippen LogP contribution is 2.29. The van der Waals surface area contributed by atoms with Crippen LogP contribution in [-0.2, 0) is 0 Å². The number of aromatic nitrogens is 3. The number of fused-ring (bicyclic) bond motifs is 1. The van der Waals surface area contributed by atoms with Crippen LogP contribution >= 0.6 is 0 Å². The van der Waals surface area contributed by atoms with Gasteiger partial charge in [-0.3, -0.25) is 4.98 Å². The molecule has 0 aliphatic carbocycles. The van der Waals surface area contributed by atoms with Crippen LogP contribution in [0.4, 0.5) is 11.8 Å². The highest BCUT2D eigenvalue weighted by molar-refractivity contribution is 5.95. The standard InChI is InChI=1S/C17H17N5/c18-16-10-15(20-17(21-16)22-8-1-2-9-22)14-5-3-4-12-11-19-7-6-13(12)14/h3-7,10-11H,1-2,8-9H2,(H2,18,20,21). The molecule has 5 heteroatoms. The third-order valence-electron chi connectivity index (χ3n) is 4.08. The Labute approximate surface area is 128 Å². The Hall–Kier alpha value is -2.69. The van der Waals surface area contributed by atoms with Crippen molar-refractivity contribution >= 4 is 22.5 Å². The average Bonchev–Trinajstić information content (AvgIpc) is 3.08. The van der Waals surface area contributed by atoms with E-state index in [2.05, 4.69) is 27.0 Å². The third-order valence-corrected chi connectivity index (χ3v) is 4.08. The van der Waals surface area contributed by atoms with Gasteiger partial charge in [0.15, 0.2) is 0 Å². The van der Waals surface area contributed by atoms with Crippen LogP contribution in [0.3, 0.4) is 0 Å². The minimum atomic E-state index is 0.512. The fourth-order valence-electron chi connectivity index (χ4n) is 3.00. The van der Waals surface area contributed by atoms with Crippen molar-refractivity contribution in [3.8, 4) is 11.3 Å². The maximum Gasteiger partial charge on any atom is 0.227 e. The van der Waals surface area contributed by atoms with E-state index in [1.54, 1.807) is 6.20 Å². The smallest absolute Gasteiger partial charge is 0.227 e. The largest absolute Gasteiger partial charge is 0.384 e. The molecule has 3 aromatic rings. The molecule has 1 aliphatic rings. The first-order valence-corrected chi connectivity index (χ1v) is 7.54. The number of hydrogen-bond acceptors (Lipinski definition) is 5. The number of nitrogen functional groups attached to an aromatic ring is 1. The zero-order valence-corrected chi connectivity index (χ0v) is 12.2. The molecule has 0 radical (unpaired) electrons. The van der Waals surface area contributed by atoms with Crippen LogP contribution in [0.25, 0.3) is 22.0 Å². The first-order chi connectivity index (χ1) is 10.8. The molecule has 2 N–H and O–H groups in total. The minimum Gasteiger partial charge on any atom is -0.384 e. The molecule has 0 saturated carbocycles. The molecule has 3 heterocycles. The van der Waals surface area contributed by atoms with Crippen molar-refractivity contribution in [3.63, 3.8) is 0 Å². The van der Waals surface area contributed by atoms with Gasteiger partial charge in [0, 0.05) is 42.5 Å². The van der Waals surface area contributed by atoms with Gasteiger partial charge in [-0.05, 0) is 24.3 Å². The maximum absolute atomic E-state index is 6.02. The normalized spacial score (nSPS) is 14.6. The van der Waals surface area contributed by atoms with Crippen molar-refractivity contribution in [2.75, 3.05) is 23.7 Å². The lowest BCUT2D eigenvalue weighted by Crippen LogP contribution is -2.21. The molecule has 1 fully saturated rings. The second-order valence-corrected chi connectivity index (χ2v) is 5.57. The van der Waals surface area contributed by atoms with E-state index in [-0.39, 0.29) is 0 Å². The quantitative estimate of drug-likeness (QED) is 0.786. The molecular formula is C17H17N5. The molecule has 2 aromatic heterocycles. The summed E-state index contributed by atoms with van der Waals surface area (Å²) in [5.74, 6) is 1.25. The second-order valence-electron chi connectivity index (χ2n) is 5.57. The van der Waals surface area contributed by atoms with Crippen LogP contribution in [0.5, 0.6) is 0 Å². The van der Waals surface area contributed by atoms with Crippen molar-refractivity contribution in [2.45, 2.75) is 12.8 Å². The predicted octanol–water partition coefficient (Wildman–Crippen LogP) is 2.87. The molecule has 0 unspecified atom stereocenters. The van der Waals surface area contributed by atoms with Gasteiger partial charge in [0.25, 0.3) is 0 Å².